The molecule has 0 aliphatic heterocycles. The van der Waals surface area contributed by atoms with Gasteiger partial charge in [0.05, 0.1) is 20.3 Å². The van der Waals surface area contributed by atoms with Crippen LogP contribution in [0.15, 0.2) is 42.5 Å². The van der Waals surface area contributed by atoms with Gasteiger partial charge in [0.2, 0.25) is 0 Å². The van der Waals surface area contributed by atoms with E-state index in [0.29, 0.717) is 18.8 Å². The normalized spacial score (nSPS) is 10.9. The summed E-state index contributed by atoms with van der Waals surface area (Å²) in [5.41, 5.74) is 2.71. The number of hydrogen-bond donors (Lipinski definition) is 0. The van der Waals surface area contributed by atoms with Gasteiger partial charge in [0.1, 0.15) is 17.2 Å². The van der Waals surface area contributed by atoms with Crippen molar-refractivity contribution >= 4 is 11.9 Å². The third-order valence-corrected chi connectivity index (χ3v) is 4.44. The molecule has 0 bridgehead atoms. The van der Waals surface area contributed by atoms with Crippen LogP contribution in [-0.2, 0) is 6.42 Å². The zero-order chi connectivity index (χ0) is 21.1. The molecule has 0 fully saturated rings. The van der Waals surface area contributed by atoms with Gasteiger partial charge in [-0.3, -0.25) is 4.79 Å². The van der Waals surface area contributed by atoms with Gasteiger partial charge in [0, 0.05) is 17.2 Å². The molecule has 0 aliphatic carbocycles. The van der Waals surface area contributed by atoms with E-state index in [9.17, 15) is 4.79 Å². The lowest BCUT2D eigenvalue weighted by atomic mass is 10.00. The molecular formula is C25H32O4. The number of carbonyl (C=O) groups excluding carboxylic acids is 1. The molecule has 2 rings (SSSR count). The van der Waals surface area contributed by atoms with Crippen molar-refractivity contribution in [1.82, 2.24) is 0 Å². The van der Waals surface area contributed by atoms with E-state index in [1.54, 1.807) is 37.5 Å². The quantitative estimate of drug-likeness (QED) is 0.320. The van der Waals surface area contributed by atoms with E-state index in [0.717, 1.165) is 54.1 Å². The fourth-order valence-electron chi connectivity index (χ4n) is 2.97. The van der Waals surface area contributed by atoms with Crippen molar-refractivity contribution in [2.45, 2.75) is 46.5 Å². The number of rotatable bonds is 12. The zero-order valence-corrected chi connectivity index (χ0v) is 18.0. The first-order valence-electron chi connectivity index (χ1n) is 10.4. The van der Waals surface area contributed by atoms with E-state index in [4.69, 9.17) is 14.2 Å². The monoisotopic (exact) mass is 396 g/mol. The van der Waals surface area contributed by atoms with Crippen molar-refractivity contribution in [3.05, 3.63) is 59.2 Å². The maximum Gasteiger partial charge on any atom is 0.185 e. The minimum Gasteiger partial charge on any atom is -0.497 e. The highest BCUT2D eigenvalue weighted by atomic mass is 16.5. The number of benzene rings is 2. The molecule has 0 unspecified atom stereocenters. The maximum atomic E-state index is 12.6. The minimum atomic E-state index is -0.0500. The predicted molar refractivity (Wildman–Crippen MR) is 118 cm³/mol. The standard InChI is InChI=1S/C25H32O4/c1-5-8-23-20(11-14-24(26)19-9-12-21(27-4)13-10-19)17-22(28-15-6-2)18-25(23)29-16-7-3/h9-14,17-18H,5-8,15-16H2,1-4H3/b14-11+. The Kier molecular flexibility index (Phi) is 9.29. The molecule has 0 saturated heterocycles. The van der Waals surface area contributed by atoms with Crippen molar-refractivity contribution in [2.75, 3.05) is 20.3 Å². The van der Waals surface area contributed by atoms with Gasteiger partial charge in [-0.15, -0.1) is 0 Å². The number of ether oxygens (including phenoxy) is 3. The Morgan fingerprint density at radius 2 is 1.59 bits per heavy atom. The molecule has 0 heterocycles. The molecule has 0 spiro atoms. The van der Waals surface area contributed by atoms with Crippen LogP contribution in [0.2, 0.25) is 0 Å². The Labute approximate surface area is 174 Å². The molecule has 4 nitrogen and oxygen atoms in total. The van der Waals surface area contributed by atoms with Crippen LogP contribution in [0.5, 0.6) is 17.2 Å². The first kappa shape index (κ1) is 22.5. The summed E-state index contributed by atoms with van der Waals surface area (Å²) in [7, 11) is 1.61. The number of methoxy groups -OCH3 is 1. The smallest absolute Gasteiger partial charge is 0.185 e. The Morgan fingerprint density at radius 1 is 0.897 bits per heavy atom. The van der Waals surface area contributed by atoms with Crippen LogP contribution in [-0.4, -0.2) is 26.1 Å². The van der Waals surface area contributed by atoms with Crippen LogP contribution in [0.1, 0.15) is 61.5 Å². The fraction of sp³-hybridized carbons (Fsp3) is 0.400. The molecule has 29 heavy (non-hydrogen) atoms. The lowest BCUT2D eigenvalue weighted by Gasteiger charge is -2.16. The summed E-state index contributed by atoms with van der Waals surface area (Å²) in [6, 6.07) is 11.1. The number of carbonyl (C=O) groups is 1. The van der Waals surface area contributed by atoms with Gasteiger partial charge in [-0.05, 0) is 61.2 Å². The Bertz CT molecular complexity index is 806. The van der Waals surface area contributed by atoms with Crippen LogP contribution in [0, 0.1) is 0 Å². The van der Waals surface area contributed by atoms with Gasteiger partial charge >= 0.3 is 0 Å². The average Bonchev–Trinajstić information content (AvgIpc) is 2.76. The summed E-state index contributed by atoms with van der Waals surface area (Å²) in [6.07, 6.45) is 7.23. The summed E-state index contributed by atoms with van der Waals surface area (Å²) >= 11 is 0. The van der Waals surface area contributed by atoms with Crippen molar-refractivity contribution in [2.24, 2.45) is 0 Å². The fourth-order valence-corrected chi connectivity index (χ4v) is 2.97. The van der Waals surface area contributed by atoms with Crippen LogP contribution < -0.4 is 14.2 Å². The van der Waals surface area contributed by atoms with E-state index >= 15 is 0 Å². The molecular weight excluding hydrogens is 364 g/mol. The van der Waals surface area contributed by atoms with Gasteiger partial charge in [0.15, 0.2) is 5.78 Å². The van der Waals surface area contributed by atoms with Crippen molar-refractivity contribution in [3.8, 4) is 17.2 Å². The topological polar surface area (TPSA) is 44.8 Å². The molecule has 2 aromatic rings. The highest BCUT2D eigenvalue weighted by Crippen LogP contribution is 2.31. The van der Waals surface area contributed by atoms with Gasteiger partial charge in [-0.25, -0.2) is 0 Å². The van der Waals surface area contributed by atoms with E-state index < -0.39 is 0 Å². The molecule has 0 aliphatic rings. The Balaban J connectivity index is 2.35. The average molecular weight is 397 g/mol. The van der Waals surface area contributed by atoms with Crippen molar-refractivity contribution < 1.29 is 19.0 Å². The lowest BCUT2D eigenvalue weighted by Crippen LogP contribution is -2.03. The van der Waals surface area contributed by atoms with E-state index in [1.807, 2.05) is 18.2 Å². The van der Waals surface area contributed by atoms with Gasteiger partial charge < -0.3 is 14.2 Å². The summed E-state index contributed by atoms with van der Waals surface area (Å²) in [5.74, 6) is 2.30. The van der Waals surface area contributed by atoms with Gasteiger partial charge in [-0.1, -0.05) is 33.3 Å². The first-order valence-corrected chi connectivity index (χ1v) is 10.4. The molecule has 0 N–H and O–H groups in total. The first-order chi connectivity index (χ1) is 14.1. The molecule has 0 radical (unpaired) electrons. The summed E-state index contributed by atoms with van der Waals surface area (Å²) in [4.78, 5) is 12.6. The maximum absolute atomic E-state index is 12.6. The molecule has 0 atom stereocenters. The second-order valence-electron chi connectivity index (χ2n) is 6.86. The lowest BCUT2D eigenvalue weighted by molar-refractivity contribution is 0.104. The summed E-state index contributed by atoms with van der Waals surface area (Å²) < 4.78 is 17.0. The Morgan fingerprint density at radius 3 is 2.21 bits per heavy atom. The van der Waals surface area contributed by atoms with E-state index in [1.165, 1.54) is 0 Å². The molecule has 0 aromatic heterocycles. The van der Waals surface area contributed by atoms with E-state index in [-0.39, 0.29) is 5.78 Å². The summed E-state index contributed by atoms with van der Waals surface area (Å²) in [5, 5.41) is 0. The van der Waals surface area contributed by atoms with Crippen LogP contribution >= 0.6 is 0 Å². The zero-order valence-electron chi connectivity index (χ0n) is 18.0. The number of allylic oxidation sites excluding steroid dienone is 1. The minimum absolute atomic E-state index is 0.0500. The second-order valence-corrected chi connectivity index (χ2v) is 6.86. The molecule has 156 valence electrons. The molecule has 0 amide bonds. The van der Waals surface area contributed by atoms with Gasteiger partial charge in [-0.2, -0.15) is 0 Å². The number of ketones is 1. The molecule has 4 heteroatoms. The molecule has 0 saturated carbocycles. The van der Waals surface area contributed by atoms with Crippen LogP contribution in [0.25, 0.3) is 6.08 Å². The highest BCUT2D eigenvalue weighted by Gasteiger charge is 2.12. The molecule has 2 aromatic carbocycles. The highest BCUT2D eigenvalue weighted by molar-refractivity contribution is 6.07. The number of hydrogen-bond acceptors (Lipinski definition) is 4. The second kappa shape index (κ2) is 11.9. The third kappa shape index (κ3) is 6.67. The Hall–Kier alpha value is -2.75. The summed E-state index contributed by atoms with van der Waals surface area (Å²) in [6.45, 7) is 7.61. The van der Waals surface area contributed by atoms with Crippen LogP contribution in [0.3, 0.4) is 0 Å². The van der Waals surface area contributed by atoms with Crippen molar-refractivity contribution in [1.29, 1.82) is 0 Å². The predicted octanol–water partition coefficient (Wildman–Crippen LogP) is 6.12. The SMILES string of the molecule is CCCOc1cc(/C=C/C(=O)c2ccc(OC)cc2)c(CCC)c(OCCC)c1. The van der Waals surface area contributed by atoms with Gasteiger partial charge in [0.25, 0.3) is 0 Å². The van der Waals surface area contributed by atoms with E-state index in [2.05, 4.69) is 20.8 Å². The third-order valence-electron chi connectivity index (χ3n) is 4.44. The van der Waals surface area contributed by atoms with Crippen molar-refractivity contribution in [3.63, 3.8) is 0 Å². The van der Waals surface area contributed by atoms with Crippen LogP contribution in [0.4, 0.5) is 0 Å². The largest absolute Gasteiger partial charge is 0.497 e.